The molecule has 1 amide bonds. The lowest BCUT2D eigenvalue weighted by atomic mass is 9.94. The van der Waals surface area contributed by atoms with E-state index in [2.05, 4.69) is 15.9 Å². The van der Waals surface area contributed by atoms with Crippen molar-refractivity contribution in [3.8, 4) is 11.5 Å². The van der Waals surface area contributed by atoms with Gasteiger partial charge in [-0.15, -0.1) is 0 Å². The zero-order valence-electron chi connectivity index (χ0n) is 12.1. The average Bonchev–Trinajstić information content (AvgIpc) is 2.53. The molecule has 1 heterocycles. The highest BCUT2D eigenvalue weighted by Crippen LogP contribution is 2.32. The largest absolute Gasteiger partial charge is 0.485 e. The molecule has 1 aromatic rings. The molecule has 3 unspecified atom stereocenters. The standard InChI is InChI=1S/C16H20BrNO3/c1-18(12-7-3-2-6-11(12)17)16(19)15-10-20-13-8-4-5-9-14(13)21-15/h4-5,8-9,11-12,15H,2-3,6-7,10H2,1H3. The van der Waals surface area contributed by atoms with Crippen LogP contribution in [0, 0.1) is 0 Å². The first-order valence-corrected chi connectivity index (χ1v) is 8.37. The predicted octanol–water partition coefficient (Wildman–Crippen LogP) is 2.99. The maximum Gasteiger partial charge on any atom is 0.267 e. The molecule has 1 aliphatic heterocycles. The van der Waals surface area contributed by atoms with Gasteiger partial charge in [0.25, 0.3) is 5.91 Å². The summed E-state index contributed by atoms with van der Waals surface area (Å²) in [6.07, 6.45) is 4.02. The maximum absolute atomic E-state index is 12.7. The second-order valence-electron chi connectivity index (χ2n) is 5.68. The SMILES string of the molecule is CN(C(=O)C1COc2ccccc2O1)C1CCCCC1Br. The number of hydrogen-bond acceptors (Lipinski definition) is 3. The number of benzene rings is 1. The van der Waals surface area contributed by atoms with E-state index in [1.54, 1.807) is 0 Å². The lowest BCUT2D eigenvalue weighted by Gasteiger charge is -2.37. The topological polar surface area (TPSA) is 38.8 Å². The highest BCUT2D eigenvalue weighted by atomic mass is 79.9. The van der Waals surface area contributed by atoms with Crippen LogP contribution in [0.3, 0.4) is 0 Å². The summed E-state index contributed by atoms with van der Waals surface area (Å²) in [5.74, 6) is 1.36. The van der Waals surface area contributed by atoms with Gasteiger partial charge in [-0.05, 0) is 25.0 Å². The summed E-state index contributed by atoms with van der Waals surface area (Å²) in [7, 11) is 1.87. The minimum atomic E-state index is -0.550. The molecule has 0 aromatic heterocycles. The number of likely N-dealkylation sites (N-methyl/N-ethyl adjacent to an activating group) is 1. The minimum absolute atomic E-state index is 0.000790. The molecule has 0 spiro atoms. The Morgan fingerprint density at radius 2 is 1.95 bits per heavy atom. The van der Waals surface area contributed by atoms with Gasteiger partial charge in [-0.25, -0.2) is 0 Å². The Bertz CT molecular complexity index is 522. The zero-order valence-corrected chi connectivity index (χ0v) is 13.7. The molecule has 1 fully saturated rings. The first-order chi connectivity index (χ1) is 10.2. The van der Waals surface area contributed by atoms with Gasteiger partial charge in [0.15, 0.2) is 11.5 Å². The molecular weight excluding hydrogens is 334 g/mol. The van der Waals surface area contributed by atoms with Gasteiger partial charge >= 0.3 is 0 Å². The van der Waals surface area contributed by atoms with Crippen LogP contribution < -0.4 is 9.47 Å². The molecule has 3 atom stereocenters. The third-order valence-corrected chi connectivity index (χ3v) is 5.34. The Balaban J connectivity index is 1.68. The molecule has 0 saturated heterocycles. The van der Waals surface area contributed by atoms with E-state index in [1.807, 2.05) is 36.2 Å². The van der Waals surface area contributed by atoms with E-state index in [-0.39, 0.29) is 18.6 Å². The van der Waals surface area contributed by atoms with E-state index in [0.29, 0.717) is 16.3 Å². The number of carbonyl (C=O) groups is 1. The summed E-state index contributed by atoms with van der Waals surface area (Å²) in [5.41, 5.74) is 0. The molecule has 3 rings (SSSR count). The van der Waals surface area contributed by atoms with Crippen LogP contribution in [0.5, 0.6) is 11.5 Å². The van der Waals surface area contributed by atoms with Crippen LogP contribution in [-0.2, 0) is 4.79 Å². The van der Waals surface area contributed by atoms with Crippen LogP contribution in [-0.4, -0.2) is 41.4 Å². The summed E-state index contributed by atoms with van der Waals surface area (Å²) in [4.78, 5) is 14.9. The van der Waals surface area contributed by atoms with Crippen molar-refractivity contribution in [2.45, 2.75) is 42.7 Å². The third-order valence-electron chi connectivity index (χ3n) is 4.28. The van der Waals surface area contributed by atoms with Crippen LogP contribution >= 0.6 is 15.9 Å². The highest BCUT2D eigenvalue weighted by Gasteiger charge is 2.35. The number of para-hydroxylation sites is 2. The number of alkyl halides is 1. The fraction of sp³-hybridized carbons (Fsp3) is 0.562. The van der Waals surface area contributed by atoms with Crippen molar-refractivity contribution >= 4 is 21.8 Å². The number of halogens is 1. The number of carbonyl (C=O) groups excluding carboxylic acids is 1. The average molecular weight is 354 g/mol. The van der Waals surface area contributed by atoms with Crippen molar-refractivity contribution in [2.24, 2.45) is 0 Å². The van der Waals surface area contributed by atoms with E-state index < -0.39 is 6.10 Å². The second-order valence-corrected chi connectivity index (χ2v) is 6.86. The van der Waals surface area contributed by atoms with E-state index >= 15 is 0 Å². The van der Waals surface area contributed by atoms with Gasteiger partial charge in [0.2, 0.25) is 6.10 Å². The molecule has 1 aliphatic carbocycles. The molecule has 2 aliphatic rings. The molecule has 0 bridgehead atoms. The number of ether oxygens (including phenoxy) is 2. The summed E-state index contributed by atoms with van der Waals surface area (Å²) < 4.78 is 11.4. The van der Waals surface area contributed by atoms with Crippen LogP contribution in [0.4, 0.5) is 0 Å². The van der Waals surface area contributed by atoms with E-state index in [0.717, 1.165) is 12.8 Å². The Morgan fingerprint density at radius 3 is 2.71 bits per heavy atom. The molecule has 0 radical (unpaired) electrons. The van der Waals surface area contributed by atoms with Crippen molar-refractivity contribution in [1.82, 2.24) is 4.90 Å². The molecule has 1 saturated carbocycles. The third kappa shape index (κ3) is 3.03. The minimum Gasteiger partial charge on any atom is -0.485 e. The van der Waals surface area contributed by atoms with E-state index in [9.17, 15) is 4.79 Å². The van der Waals surface area contributed by atoms with Gasteiger partial charge in [-0.1, -0.05) is 40.9 Å². The molecule has 114 valence electrons. The lowest BCUT2D eigenvalue weighted by molar-refractivity contribution is -0.142. The van der Waals surface area contributed by atoms with Crippen LogP contribution in [0.15, 0.2) is 24.3 Å². The summed E-state index contributed by atoms with van der Waals surface area (Å²) in [5, 5.41) is 0. The van der Waals surface area contributed by atoms with Crippen molar-refractivity contribution in [3.63, 3.8) is 0 Å². The van der Waals surface area contributed by atoms with Crippen LogP contribution in [0.2, 0.25) is 0 Å². The normalized spacial score (nSPS) is 28.0. The quantitative estimate of drug-likeness (QED) is 0.767. The zero-order chi connectivity index (χ0) is 14.8. The summed E-state index contributed by atoms with van der Waals surface area (Å²) in [6.45, 7) is 0.278. The predicted molar refractivity (Wildman–Crippen MR) is 84.1 cm³/mol. The van der Waals surface area contributed by atoms with Crippen molar-refractivity contribution in [2.75, 3.05) is 13.7 Å². The fourth-order valence-electron chi connectivity index (χ4n) is 3.03. The van der Waals surface area contributed by atoms with Gasteiger partial charge in [0.05, 0.1) is 0 Å². The van der Waals surface area contributed by atoms with Crippen molar-refractivity contribution in [1.29, 1.82) is 0 Å². The first kappa shape index (κ1) is 14.7. The summed E-state index contributed by atoms with van der Waals surface area (Å²) >= 11 is 3.71. The molecule has 1 aromatic carbocycles. The smallest absolute Gasteiger partial charge is 0.267 e. The van der Waals surface area contributed by atoms with Gasteiger partial charge in [0.1, 0.15) is 6.61 Å². The molecule has 4 nitrogen and oxygen atoms in total. The second kappa shape index (κ2) is 6.26. The van der Waals surface area contributed by atoms with Crippen LogP contribution in [0.1, 0.15) is 25.7 Å². The number of hydrogen-bond donors (Lipinski definition) is 0. The van der Waals surface area contributed by atoms with Gasteiger partial charge in [-0.3, -0.25) is 4.79 Å². The fourth-order valence-corrected chi connectivity index (χ4v) is 3.98. The number of rotatable bonds is 2. The number of nitrogens with zero attached hydrogens (tertiary/aromatic N) is 1. The monoisotopic (exact) mass is 353 g/mol. The van der Waals surface area contributed by atoms with Gasteiger partial charge in [0, 0.05) is 17.9 Å². The van der Waals surface area contributed by atoms with Gasteiger partial charge < -0.3 is 14.4 Å². The molecule has 21 heavy (non-hydrogen) atoms. The van der Waals surface area contributed by atoms with E-state index in [1.165, 1.54) is 12.8 Å². The Hall–Kier alpha value is -1.23. The molecule has 5 heteroatoms. The molecule has 0 N–H and O–H groups in total. The first-order valence-electron chi connectivity index (χ1n) is 7.46. The Morgan fingerprint density at radius 1 is 1.24 bits per heavy atom. The number of amides is 1. The Kier molecular flexibility index (Phi) is 4.38. The maximum atomic E-state index is 12.7. The van der Waals surface area contributed by atoms with Gasteiger partial charge in [-0.2, -0.15) is 0 Å². The van der Waals surface area contributed by atoms with E-state index in [4.69, 9.17) is 9.47 Å². The lowest BCUT2D eigenvalue weighted by Crippen LogP contribution is -2.51. The highest BCUT2D eigenvalue weighted by molar-refractivity contribution is 9.09. The molecular formula is C16H20BrNO3. The summed E-state index contributed by atoms with van der Waals surface area (Å²) in [6, 6.07) is 7.72. The Labute approximate surface area is 133 Å². The van der Waals surface area contributed by atoms with Crippen LogP contribution in [0.25, 0.3) is 0 Å². The van der Waals surface area contributed by atoms with Crippen molar-refractivity contribution in [3.05, 3.63) is 24.3 Å². The number of fused-ring (bicyclic) bond motifs is 1. The van der Waals surface area contributed by atoms with Crippen molar-refractivity contribution < 1.29 is 14.3 Å².